The standard InChI is InChI=1S/C21H21N5O3S/c1-14-13-15(2)24-21(23-14)26-30(28,29)19-10-8-18(9-11-19)25-20(27)12-5-16-3-6-17(22)7-4-16/h3-13H,22H2,1-2H3,(H,25,27)(H,23,24,26)/b12-5+. The predicted octanol–water partition coefficient (Wildman–Crippen LogP) is 3.13. The third-order valence-electron chi connectivity index (χ3n) is 4.00. The molecule has 9 heteroatoms. The van der Waals surface area contributed by atoms with Crippen molar-refractivity contribution in [3.8, 4) is 0 Å². The monoisotopic (exact) mass is 423 g/mol. The molecule has 0 fully saturated rings. The second-order valence-corrected chi connectivity index (χ2v) is 8.28. The number of rotatable bonds is 6. The number of nitrogen functional groups attached to an aromatic ring is 1. The molecule has 0 aliphatic heterocycles. The zero-order chi connectivity index (χ0) is 21.7. The number of aryl methyl sites for hydroxylation is 2. The fourth-order valence-corrected chi connectivity index (χ4v) is 3.57. The highest BCUT2D eigenvalue weighted by Gasteiger charge is 2.16. The van der Waals surface area contributed by atoms with E-state index in [0.29, 0.717) is 22.8 Å². The maximum Gasteiger partial charge on any atom is 0.264 e. The molecule has 1 amide bonds. The molecule has 3 rings (SSSR count). The van der Waals surface area contributed by atoms with Crippen molar-refractivity contribution in [2.45, 2.75) is 18.7 Å². The number of carbonyl (C=O) groups excluding carboxylic acids is 1. The minimum Gasteiger partial charge on any atom is -0.399 e. The van der Waals surface area contributed by atoms with Gasteiger partial charge in [-0.3, -0.25) is 4.79 Å². The number of amides is 1. The minimum atomic E-state index is -3.85. The van der Waals surface area contributed by atoms with Crippen LogP contribution in [0, 0.1) is 13.8 Å². The SMILES string of the molecule is Cc1cc(C)nc(NS(=O)(=O)c2ccc(NC(=O)/C=C/c3ccc(N)cc3)cc2)n1. The zero-order valence-electron chi connectivity index (χ0n) is 16.5. The van der Waals surface area contributed by atoms with Gasteiger partial charge in [-0.1, -0.05) is 12.1 Å². The van der Waals surface area contributed by atoms with E-state index in [1.54, 1.807) is 50.3 Å². The lowest BCUT2D eigenvalue weighted by molar-refractivity contribution is -0.111. The third-order valence-corrected chi connectivity index (χ3v) is 5.35. The molecule has 1 aromatic heterocycles. The van der Waals surface area contributed by atoms with Crippen molar-refractivity contribution in [3.63, 3.8) is 0 Å². The van der Waals surface area contributed by atoms with Gasteiger partial charge in [-0.05, 0) is 68.0 Å². The Balaban J connectivity index is 1.66. The highest BCUT2D eigenvalue weighted by molar-refractivity contribution is 7.92. The van der Waals surface area contributed by atoms with Gasteiger partial charge < -0.3 is 11.1 Å². The van der Waals surface area contributed by atoms with Crippen LogP contribution in [0.4, 0.5) is 17.3 Å². The van der Waals surface area contributed by atoms with Gasteiger partial charge >= 0.3 is 0 Å². The molecule has 0 aliphatic carbocycles. The summed E-state index contributed by atoms with van der Waals surface area (Å²) in [5.41, 5.74) is 8.88. The molecule has 0 bridgehead atoms. The lowest BCUT2D eigenvalue weighted by Gasteiger charge is -2.09. The molecular formula is C21H21N5O3S. The molecular weight excluding hydrogens is 402 g/mol. The minimum absolute atomic E-state index is 0.0117. The second kappa shape index (κ2) is 8.75. The van der Waals surface area contributed by atoms with Crippen LogP contribution in [0.5, 0.6) is 0 Å². The van der Waals surface area contributed by atoms with Gasteiger partial charge in [-0.25, -0.2) is 23.1 Å². The highest BCUT2D eigenvalue weighted by Crippen LogP contribution is 2.17. The van der Waals surface area contributed by atoms with Crippen molar-refractivity contribution in [1.82, 2.24) is 9.97 Å². The zero-order valence-corrected chi connectivity index (χ0v) is 17.3. The van der Waals surface area contributed by atoms with Gasteiger partial charge in [0.15, 0.2) is 0 Å². The first kappa shape index (κ1) is 21.0. The van der Waals surface area contributed by atoms with Gasteiger partial charge in [-0.15, -0.1) is 0 Å². The van der Waals surface area contributed by atoms with Crippen LogP contribution in [0.25, 0.3) is 6.08 Å². The van der Waals surface area contributed by atoms with E-state index < -0.39 is 10.0 Å². The van der Waals surface area contributed by atoms with Crippen molar-refractivity contribution in [3.05, 3.63) is 77.6 Å². The van der Waals surface area contributed by atoms with Gasteiger partial charge in [0.05, 0.1) is 4.90 Å². The Labute approximate surface area is 174 Å². The van der Waals surface area contributed by atoms with E-state index in [0.717, 1.165) is 5.56 Å². The van der Waals surface area contributed by atoms with Gasteiger partial charge in [-0.2, -0.15) is 0 Å². The predicted molar refractivity (Wildman–Crippen MR) is 117 cm³/mol. The van der Waals surface area contributed by atoms with E-state index in [9.17, 15) is 13.2 Å². The Kier molecular flexibility index (Phi) is 6.12. The molecule has 2 aromatic carbocycles. The Morgan fingerprint density at radius 1 is 0.967 bits per heavy atom. The van der Waals surface area contributed by atoms with Gasteiger partial charge in [0, 0.05) is 28.8 Å². The number of nitrogens with one attached hydrogen (secondary N) is 2. The number of sulfonamides is 1. The number of benzene rings is 2. The molecule has 154 valence electrons. The van der Waals surface area contributed by atoms with E-state index in [1.807, 2.05) is 0 Å². The van der Waals surface area contributed by atoms with Crippen molar-refractivity contribution in [2.75, 3.05) is 15.8 Å². The summed E-state index contributed by atoms with van der Waals surface area (Å²) in [7, 11) is -3.85. The fraction of sp³-hybridized carbons (Fsp3) is 0.0952. The van der Waals surface area contributed by atoms with Crippen LogP contribution < -0.4 is 15.8 Å². The number of hydrogen-bond acceptors (Lipinski definition) is 6. The van der Waals surface area contributed by atoms with Crippen LogP contribution >= 0.6 is 0 Å². The number of hydrogen-bond donors (Lipinski definition) is 3. The molecule has 0 spiro atoms. The molecule has 30 heavy (non-hydrogen) atoms. The molecule has 1 heterocycles. The molecule has 0 unspecified atom stereocenters. The molecule has 0 radical (unpaired) electrons. The summed E-state index contributed by atoms with van der Waals surface area (Å²) in [6, 6.07) is 14.6. The largest absolute Gasteiger partial charge is 0.399 e. The molecule has 0 atom stereocenters. The van der Waals surface area contributed by atoms with E-state index in [4.69, 9.17) is 5.73 Å². The smallest absolute Gasteiger partial charge is 0.264 e. The molecule has 0 aliphatic rings. The molecule has 0 saturated heterocycles. The average Bonchev–Trinajstić information content (AvgIpc) is 2.67. The lowest BCUT2D eigenvalue weighted by atomic mass is 10.2. The lowest BCUT2D eigenvalue weighted by Crippen LogP contribution is -2.16. The third kappa shape index (κ3) is 5.65. The first-order chi connectivity index (χ1) is 14.2. The average molecular weight is 423 g/mol. The molecule has 4 N–H and O–H groups in total. The van der Waals surface area contributed by atoms with Crippen LogP contribution in [0.15, 0.2) is 65.6 Å². The van der Waals surface area contributed by atoms with Crippen LogP contribution in [0.1, 0.15) is 17.0 Å². The Hall–Kier alpha value is -3.72. The van der Waals surface area contributed by atoms with Crippen LogP contribution in [0.3, 0.4) is 0 Å². The van der Waals surface area contributed by atoms with Gasteiger partial charge in [0.25, 0.3) is 10.0 Å². The summed E-state index contributed by atoms with van der Waals surface area (Å²) >= 11 is 0. The molecule has 0 saturated carbocycles. The maximum atomic E-state index is 12.5. The quantitative estimate of drug-likeness (QED) is 0.413. The molecule has 8 nitrogen and oxygen atoms in total. The number of carbonyl (C=O) groups is 1. The van der Waals surface area contributed by atoms with Gasteiger partial charge in [0.2, 0.25) is 11.9 Å². The van der Waals surface area contributed by atoms with Crippen LogP contribution in [-0.2, 0) is 14.8 Å². The Bertz CT molecular complexity index is 1170. The summed E-state index contributed by atoms with van der Waals surface area (Å²) in [6.07, 6.45) is 3.04. The topological polar surface area (TPSA) is 127 Å². The number of nitrogens with zero attached hydrogens (tertiary/aromatic N) is 2. The summed E-state index contributed by atoms with van der Waals surface area (Å²) in [6.45, 7) is 3.51. The molecule has 3 aromatic rings. The Morgan fingerprint density at radius 3 is 2.17 bits per heavy atom. The highest BCUT2D eigenvalue weighted by atomic mass is 32.2. The summed E-state index contributed by atoms with van der Waals surface area (Å²) in [5.74, 6) is -0.332. The first-order valence-corrected chi connectivity index (χ1v) is 10.5. The van der Waals surface area contributed by atoms with Crippen molar-refractivity contribution in [1.29, 1.82) is 0 Å². The number of nitrogens with two attached hydrogens (primary N) is 1. The Morgan fingerprint density at radius 2 is 1.57 bits per heavy atom. The summed E-state index contributed by atoms with van der Waals surface area (Å²) in [5, 5.41) is 2.68. The van der Waals surface area contributed by atoms with E-state index in [2.05, 4.69) is 20.0 Å². The van der Waals surface area contributed by atoms with Crippen LogP contribution in [-0.4, -0.2) is 24.3 Å². The van der Waals surface area contributed by atoms with Crippen molar-refractivity contribution < 1.29 is 13.2 Å². The first-order valence-electron chi connectivity index (χ1n) is 9.01. The van der Waals surface area contributed by atoms with Gasteiger partial charge in [0.1, 0.15) is 0 Å². The summed E-state index contributed by atoms with van der Waals surface area (Å²) in [4.78, 5) is 20.3. The summed E-state index contributed by atoms with van der Waals surface area (Å²) < 4.78 is 27.4. The second-order valence-electron chi connectivity index (χ2n) is 6.59. The van der Waals surface area contributed by atoms with E-state index in [1.165, 1.54) is 30.3 Å². The van der Waals surface area contributed by atoms with Crippen LogP contribution in [0.2, 0.25) is 0 Å². The number of anilines is 3. The fourth-order valence-electron chi connectivity index (χ4n) is 2.63. The number of aromatic nitrogens is 2. The van der Waals surface area contributed by atoms with E-state index in [-0.39, 0.29) is 16.8 Å². The van der Waals surface area contributed by atoms with E-state index >= 15 is 0 Å². The van der Waals surface area contributed by atoms with Crippen molar-refractivity contribution >= 4 is 39.3 Å². The normalized spacial score (nSPS) is 11.4. The maximum absolute atomic E-state index is 12.5. The van der Waals surface area contributed by atoms with Crippen molar-refractivity contribution in [2.24, 2.45) is 0 Å².